The Labute approximate surface area is 119 Å². The van der Waals surface area contributed by atoms with Gasteiger partial charge in [0.2, 0.25) is 0 Å². The van der Waals surface area contributed by atoms with Crippen molar-refractivity contribution in [2.45, 2.75) is 26.4 Å². The lowest BCUT2D eigenvalue weighted by Gasteiger charge is -2.19. The SMILES string of the molecule is CC(C)(C)OC(=O)Nc1ccn2ncc(I)c2c1. The van der Waals surface area contributed by atoms with Crippen molar-refractivity contribution in [3.05, 3.63) is 28.1 Å². The van der Waals surface area contributed by atoms with E-state index < -0.39 is 11.7 Å². The molecule has 18 heavy (non-hydrogen) atoms. The van der Waals surface area contributed by atoms with Gasteiger partial charge in [0.25, 0.3) is 0 Å². The van der Waals surface area contributed by atoms with Gasteiger partial charge in [0.1, 0.15) is 5.60 Å². The van der Waals surface area contributed by atoms with Crippen molar-refractivity contribution in [3.8, 4) is 0 Å². The van der Waals surface area contributed by atoms with E-state index in [9.17, 15) is 4.79 Å². The van der Waals surface area contributed by atoms with Gasteiger partial charge in [0, 0.05) is 11.9 Å². The third-order valence-electron chi connectivity index (χ3n) is 2.12. The van der Waals surface area contributed by atoms with Crippen LogP contribution < -0.4 is 5.32 Å². The predicted molar refractivity (Wildman–Crippen MR) is 77.8 cm³/mol. The summed E-state index contributed by atoms with van der Waals surface area (Å²) in [5.41, 5.74) is 1.14. The second-order valence-electron chi connectivity index (χ2n) is 4.86. The van der Waals surface area contributed by atoms with Crippen molar-refractivity contribution in [2.24, 2.45) is 0 Å². The van der Waals surface area contributed by atoms with Gasteiger partial charge in [0.15, 0.2) is 0 Å². The Morgan fingerprint density at radius 1 is 1.50 bits per heavy atom. The fourth-order valence-corrected chi connectivity index (χ4v) is 1.98. The molecule has 0 aliphatic heterocycles. The number of ether oxygens (including phenoxy) is 1. The molecule has 0 saturated heterocycles. The maximum Gasteiger partial charge on any atom is 0.412 e. The first-order valence-electron chi connectivity index (χ1n) is 5.48. The molecule has 0 fully saturated rings. The second kappa shape index (κ2) is 4.75. The first-order valence-corrected chi connectivity index (χ1v) is 6.56. The monoisotopic (exact) mass is 359 g/mol. The van der Waals surface area contributed by atoms with Gasteiger partial charge in [-0.25, -0.2) is 9.31 Å². The third kappa shape index (κ3) is 3.12. The predicted octanol–water partition coefficient (Wildman–Crippen LogP) is 3.29. The Morgan fingerprint density at radius 2 is 2.22 bits per heavy atom. The molecule has 1 N–H and O–H groups in total. The molecule has 0 bridgehead atoms. The van der Waals surface area contributed by atoms with E-state index in [0.29, 0.717) is 5.69 Å². The second-order valence-corrected chi connectivity index (χ2v) is 6.03. The first-order chi connectivity index (χ1) is 8.35. The van der Waals surface area contributed by atoms with Crippen LogP contribution in [0.15, 0.2) is 24.5 Å². The Morgan fingerprint density at radius 3 is 2.89 bits per heavy atom. The van der Waals surface area contributed by atoms with Crippen LogP contribution in [0, 0.1) is 3.57 Å². The number of pyridine rings is 1. The highest BCUT2D eigenvalue weighted by Gasteiger charge is 2.16. The number of fused-ring (bicyclic) bond motifs is 1. The minimum Gasteiger partial charge on any atom is -0.444 e. The van der Waals surface area contributed by atoms with Gasteiger partial charge in [-0.1, -0.05) is 0 Å². The topological polar surface area (TPSA) is 55.6 Å². The molecule has 2 aromatic heterocycles. The lowest BCUT2D eigenvalue weighted by atomic mass is 10.2. The van der Waals surface area contributed by atoms with E-state index >= 15 is 0 Å². The molecule has 0 aliphatic rings. The van der Waals surface area contributed by atoms with Crippen LogP contribution in [-0.4, -0.2) is 21.3 Å². The summed E-state index contributed by atoms with van der Waals surface area (Å²) < 4.78 is 7.97. The zero-order valence-corrected chi connectivity index (χ0v) is 12.6. The van der Waals surface area contributed by atoms with Crippen LogP contribution in [0.4, 0.5) is 10.5 Å². The number of carbonyl (C=O) groups excluding carboxylic acids is 1. The summed E-state index contributed by atoms with van der Waals surface area (Å²) in [4.78, 5) is 11.6. The fraction of sp³-hybridized carbons (Fsp3) is 0.333. The van der Waals surface area contributed by atoms with Gasteiger partial charge in [-0.2, -0.15) is 5.10 Å². The summed E-state index contributed by atoms with van der Waals surface area (Å²) in [6.45, 7) is 5.49. The van der Waals surface area contributed by atoms with E-state index in [1.165, 1.54) is 0 Å². The normalized spacial score (nSPS) is 11.6. The Bertz CT molecular complexity index is 587. The quantitative estimate of drug-likeness (QED) is 0.795. The number of halogens is 1. The summed E-state index contributed by atoms with van der Waals surface area (Å²) in [6.07, 6.45) is 3.11. The van der Waals surface area contributed by atoms with Gasteiger partial charge in [-0.3, -0.25) is 5.32 Å². The Balaban J connectivity index is 2.17. The largest absolute Gasteiger partial charge is 0.444 e. The average molecular weight is 359 g/mol. The van der Waals surface area contributed by atoms with E-state index in [1.807, 2.05) is 26.8 Å². The maximum absolute atomic E-state index is 11.6. The zero-order chi connectivity index (χ0) is 13.3. The molecule has 2 rings (SSSR count). The van der Waals surface area contributed by atoms with Gasteiger partial charge >= 0.3 is 6.09 Å². The van der Waals surface area contributed by atoms with Gasteiger partial charge in [0.05, 0.1) is 15.3 Å². The van der Waals surface area contributed by atoms with E-state index in [2.05, 4.69) is 33.0 Å². The number of anilines is 1. The molecule has 96 valence electrons. The summed E-state index contributed by atoms with van der Waals surface area (Å²) >= 11 is 2.20. The molecule has 6 heteroatoms. The van der Waals surface area contributed by atoms with E-state index in [-0.39, 0.29) is 0 Å². The van der Waals surface area contributed by atoms with Crippen LogP contribution in [0.2, 0.25) is 0 Å². The van der Waals surface area contributed by atoms with E-state index in [4.69, 9.17) is 4.74 Å². The molecule has 2 aromatic rings. The summed E-state index contributed by atoms with van der Waals surface area (Å²) in [5, 5.41) is 6.87. The smallest absolute Gasteiger partial charge is 0.412 e. The van der Waals surface area contributed by atoms with Crippen LogP contribution >= 0.6 is 22.6 Å². The highest BCUT2D eigenvalue weighted by molar-refractivity contribution is 14.1. The van der Waals surface area contributed by atoms with Crippen LogP contribution in [0.1, 0.15) is 20.8 Å². The van der Waals surface area contributed by atoms with Gasteiger partial charge in [-0.05, 0) is 55.5 Å². The van der Waals surface area contributed by atoms with Crippen molar-refractivity contribution in [3.63, 3.8) is 0 Å². The molecule has 0 spiro atoms. The number of hydrogen-bond acceptors (Lipinski definition) is 3. The lowest BCUT2D eigenvalue weighted by molar-refractivity contribution is 0.0636. The molecule has 5 nitrogen and oxygen atoms in total. The van der Waals surface area contributed by atoms with Crippen LogP contribution in [0.5, 0.6) is 0 Å². The average Bonchev–Trinajstić information content (AvgIpc) is 2.57. The van der Waals surface area contributed by atoms with Crippen molar-refractivity contribution in [1.82, 2.24) is 9.61 Å². The minimum absolute atomic E-state index is 0.457. The van der Waals surface area contributed by atoms with Crippen molar-refractivity contribution in [1.29, 1.82) is 0 Å². The number of carbonyl (C=O) groups is 1. The lowest BCUT2D eigenvalue weighted by Crippen LogP contribution is -2.27. The van der Waals surface area contributed by atoms with E-state index in [1.54, 1.807) is 23.0 Å². The minimum atomic E-state index is -0.501. The van der Waals surface area contributed by atoms with Gasteiger partial charge < -0.3 is 4.74 Å². The van der Waals surface area contributed by atoms with Crippen LogP contribution in [0.3, 0.4) is 0 Å². The molecule has 0 unspecified atom stereocenters. The molecule has 0 aromatic carbocycles. The highest BCUT2D eigenvalue weighted by Crippen LogP contribution is 2.18. The Hall–Kier alpha value is -1.31. The summed E-state index contributed by atoms with van der Waals surface area (Å²) in [6, 6.07) is 3.64. The number of rotatable bonds is 1. The molecule has 0 radical (unpaired) electrons. The van der Waals surface area contributed by atoms with Crippen molar-refractivity contribution >= 4 is 39.9 Å². The van der Waals surface area contributed by atoms with Crippen LogP contribution in [-0.2, 0) is 4.74 Å². The van der Waals surface area contributed by atoms with Crippen molar-refractivity contribution < 1.29 is 9.53 Å². The summed E-state index contributed by atoms with van der Waals surface area (Å²) in [7, 11) is 0. The first kappa shape index (κ1) is 13.1. The van der Waals surface area contributed by atoms with Crippen molar-refractivity contribution in [2.75, 3.05) is 5.32 Å². The maximum atomic E-state index is 11.6. The molecule has 0 saturated carbocycles. The number of amides is 1. The number of hydrogen-bond donors (Lipinski definition) is 1. The fourth-order valence-electron chi connectivity index (χ4n) is 1.45. The molecule has 0 aliphatic carbocycles. The van der Waals surface area contributed by atoms with E-state index in [0.717, 1.165) is 9.09 Å². The zero-order valence-electron chi connectivity index (χ0n) is 10.4. The molecule has 0 atom stereocenters. The third-order valence-corrected chi connectivity index (χ3v) is 2.95. The Kier molecular flexibility index (Phi) is 3.47. The molecule has 2 heterocycles. The van der Waals surface area contributed by atoms with Gasteiger partial charge in [-0.15, -0.1) is 0 Å². The number of nitrogens with zero attached hydrogens (tertiary/aromatic N) is 2. The molecular formula is C12H14IN3O2. The number of nitrogens with one attached hydrogen (secondary N) is 1. The molecular weight excluding hydrogens is 345 g/mol. The molecule has 1 amide bonds. The van der Waals surface area contributed by atoms with Crippen LogP contribution in [0.25, 0.3) is 5.52 Å². The highest BCUT2D eigenvalue weighted by atomic mass is 127. The number of aromatic nitrogens is 2. The summed E-state index contributed by atoms with van der Waals surface area (Å²) in [5.74, 6) is 0. The standard InChI is InChI=1S/C12H14IN3O2/c1-12(2,3)18-11(17)15-8-4-5-16-10(6-8)9(13)7-14-16/h4-7H,1-3H3,(H,15,17).